The summed E-state index contributed by atoms with van der Waals surface area (Å²) in [6.45, 7) is 3.92. The Kier molecular flexibility index (Phi) is 3.03. The minimum absolute atomic E-state index is 0.809. The molecule has 3 heteroatoms. The molecule has 0 spiro atoms. The fourth-order valence-electron chi connectivity index (χ4n) is 1.90. The molecule has 0 saturated carbocycles. The molecule has 1 aromatic heterocycles. The molecule has 17 heavy (non-hydrogen) atoms. The molecule has 1 unspecified atom stereocenters. The maximum Gasteiger partial charge on any atom is 0.115 e. The van der Waals surface area contributed by atoms with Crippen LogP contribution in [0.25, 0.3) is 0 Å². The van der Waals surface area contributed by atoms with Gasteiger partial charge in [0.05, 0.1) is 6.20 Å². The Bertz CT molecular complexity index is 497. The molecule has 3 nitrogen and oxygen atoms in total. The van der Waals surface area contributed by atoms with Crippen molar-refractivity contribution in [2.45, 2.75) is 25.9 Å². The SMILES string of the molecule is CCc1ccc(C(C)(O)c2cnn(C)c2)cc1. The number of hydrogen-bond acceptors (Lipinski definition) is 2. The minimum Gasteiger partial charge on any atom is -0.381 e. The van der Waals surface area contributed by atoms with Crippen LogP contribution in [0.1, 0.15) is 30.5 Å². The molecule has 2 aromatic rings. The zero-order valence-corrected chi connectivity index (χ0v) is 10.5. The first kappa shape index (κ1) is 11.9. The van der Waals surface area contributed by atoms with Crippen molar-refractivity contribution in [1.29, 1.82) is 0 Å². The molecule has 0 saturated heterocycles. The van der Waals surface area contributed by atoms with Crippen LogP contribution in [0.4, 0.5) is 0 Å². The Hall–Kier alpha value is -1.61. The topological polar surface area (TPSA) is 38.1 Å². The number of aliphatic hydroxyl groups is 1. The molecular weight excluding hydrogens is 212 g/mol. The van der Waals surface area contributed by atoms with Crippen molar-refractivity contribution in [3.8, 4) is 0 Å². The van der Waals surface area contributed by atoms with Crippen molar-refractivity contribution in [3.05, 3.63) is 53.3 Å². The average Bonchev–Trinajstić information content (AvgIpc) is 2.77. The first-order valence-electron chi connectivity index (χ1n) is 5.85. The first-order valence-corrected chi connectivity index (χ1v) is 5.85. The lowest BCUT2D eigenvalue weighted by Gasteiger charge is -2.22. The summed E-state index contributed by atoms with van der Waals surface area (Å²) in [5, 5.41) is 14.7. The predicted octanol–water partition coefficient (Wildman–Crippen LogP) is 2.24. The third-order valence-electron chi connectivity index (χ3n) is 3.19. The molecular formula is C14H18N2O. The summed E-state index contributed by atoms with van der Waals surface area (Å²) >= 11 is 0. The van der Waals surface area contributed by atoms with Crippen LogP contribution >= 0.6 is 0 Å². The summed E-state index contributed by atoms with van der Waals surface area (Å²) in [5.41, 5.74) is 1.99. The first-order chi connectivity index (χ1) is 8.04. The average molecular weight is 230 g/mol. The minimum atomic E-state index is -0.986. The lowest BCUT2D eigenvalue weighted by Crippen LogP contribution is -2.22. The Morgan fingerprint density at radius 2 is 1.88 bits per heavy atom. The van der Waals surface area contributed by atoms with Crippen molar-refractivity contribution in [2.75, 3.05) is 0 Å². The highest BCUT2D eigenvalue weighted by Gasteiger charge is 2.26. The summed E-state index contributed by atoms with van der Waals surface area (Å²) < 4.78 is 1.70. The van der Waals surface area contributed by atoms with Crippen LogP contribution in [0.5, 0.6) is 0 Å². The summed E-state index contributed by atoms with van der Waals surface area (Å²) in [6.07, 6.45) is 4.55. The normalized spacial score (nSPS) is 14.6. The second-order valence-electron chi connectivity index (χ2n) is 4.53. The maximum absolute atomic E-state index is 10.6. The number of hydrogen-bond donors (Lipinski definition) is 1. The quantitative estimate of drug-likeness (QED) is 0.878. The zero-order chi connectivity index (χ0) is 12.5. The highest BCUT2D eigenvalue weighted by atomic mass is 16.3. The fraction of sp³-hybridized carbons (Fsp3) is 0.357. The molecule has 0 fully saturated rings. The van der Waals surface area contributed by atoms with Gasteiger partial charge in [-0.3, -0.25) is 4.68 Å². The van der Waals surface area contributed by atoms with Crippen LogP contribution in [0.15, 0.2) is 36.7 Å². The van der Waals surface area contributed by atoms with Crippen molar-refractivity contribution in [3.63, 3.8) is 0 Å². The Morgan fingerprint density at radius 3 is 2.35 bits per heavy atom. The highest BCUT2D eigenvalue weighted by Crippen LogP contribution is 2.28. The van der Waals surface area contributed by atoms with Gasteiger partial charge in [-0.1, -0.05) is 31.2 Å². The third kappa shape index (κ3) is 2.24. The summed E-state index contributed by atoms with van der Waals surface area (Å²) in [7, 11) is 1.85. The molecule has 0 aliphatic rings. The van der Waals surface area contributed by atoms with E-state index in [1.807, 2.05) is 25.4 Å². The Balaban J connectivity index is 2.36. The number of rotatable bonds is 3. The van der Waals surface area contributed by atoms with E-state index in [0.29, 0.717) is 0 Å². The standard InChI is InChI=1S/C14H18N2O/c1-4-11-5-7-12(8-6-11)14(2,17)13-9-15-16(3)10-13/h5-10,17H,4H2,1-3H3. The van der Waals surface area contributed by atoms with Gasteiger partial charge < -0.3 is 5.11 Å². The van der Waals surface area contributed by atoms with Crippen molar-refractivity contribution >= 4 is 0 Å². The van der Waals surface area contributed by atoms with Crippen LogP contribution < -0.4 is 0 Å². The van der Waals surface area contributed by atoms with Crippen molar-refractivity contribution < 1.29 is 5.11 Å². The molecule has 1 N–H and O–H groups in total. The van der Waals surface area contributed by atoms with Gasteiger partial charge in [-0.2, -0.15) is 5.10 Å². The fourth-order valence-corrected chi connectivity index (χ4v) is 1.90. The predicted molar refractivity (Wildman–Crippen MR) is 67.7 cm³/mol. The van der Waals surface area contributed by atoms with E-state index >= 15 is 0 Å². The van der Waals surface area contributed by atoms with Gasteiger partial charge in [-0.05, 0) is 24.5 Å². The lowest BCUT2D eigenvalue weighted by atomic mass is 9.90. The zero-order valence-electron chi connectivity index (χ0n) is 10.5. The lowest BCUT2D eigenvalue weighted by molar-refractivity contribution is 0.102. The number of aryl methyl sites for hydroxylation is 2. The van der Waals surface area contributed by atoms with Crippen LogP contribution in [-0.4, -0.2) is 14.9 Å². The molecule has 2 rings (SSSR count). The molecule has 1 aromatic carbocycles. The molecule has 0 aliphatic carbocycles. The van der Waals surface area contributed by atoms with Gasteiger partial charge in [0.25, 0.3) is 0 Å². The van der Waals surface area contributed by atoms with Crippen LogP contribution in [-0.2, 0) is 19.1 Å². The Labute approximate surface area is 102 Å². The van der Waals surface area contributed by atoms with E-state index in [2.05, 4.69) is 24.2 Å². The number of aromatic nitrogens is 2. The van der Waals surface area contributed by atoms with E-state index < -0.39 is 5.60 Å². The largest absolute Gasteiger partial charge is 0.381 e. The van der Waals surface area contributed by atoms with E-state index in [4.69, 9.17) is 0 Å². The summed E-state index contributed by atoms with van der Waals surface area (Å²) in [5.74, 6) is 0. The number of benzene rings is 1. The van der Waals surface area contributed by atoms with Gasteiger partial charge in [0.2, 0.25) is 0 Å². The van der Waals surface area contributed by atoms with Crippen LogP contribution in [0, 0.1) is 0 Å². The third-order valence-corrected chi connectivity index (χ3v) is 3.19. The molecule has 90 valence electrons. The van der Waals surface area contributed by atoms with E-state index in [-0.39, 0.29) is 0 Å². The maximum atomic E-state index is 10.6. The summed E-state index contributed by atoms with van der Waals surface area (Å²) in [6, 6.07) is 8.07. The van der Waals surface area contributed by atoms with E-state index in [1.54, 1.807) is 17.8 Å². The van der Waals surface area contributed by atoms with Crippen LogP contribution in [0.2, 0.25) is 0 Å². The van der Waals surface area contributed by atoms with E-state index in [9.17, 15) is 5.11 Å². The monoisotopic (exact) mass is 230 g/mol. The van der Waals surface area contributed by atoms with Crippen LogP contribution in [0.3, 0.4) is 0 Å². The number of nitrogens with zero attached hydrogens (tertiary/aromatic N) is 2. The second kappa shape index (κ2) is 4.34. The smallest absolute Gasteiger partial charge is 0.115 e. The Morgan fingerprint density at radius 1 is 1.24 bits per heavy atom. The molecule has 0 bridgehead atoms. The molecule has 0 aliphatic heterocycles. The van der Waals surface area contributed by atoms with Gasteiger partial charge in [-0.25, -0.2) is 0 Å². The molecule has 0 amide bonds. The van der Waals surface area contributed by atoms with Crippen molar-refractivity contribution in [2.24, 2.45) is 7.05 Å². The van der Waals surface area contributed by atoms with Gasteiger partial charge in [0, 0.05) is 18.8 Å². The molecule has 1 heterocycles. The van der Waals surface area contributed by atoms with Gasteiger partial charge in [0.15, 0.2) is 0 Å². The van der Waals surface area contributed by atoms with Gasteiger partial charge >= 0.3 is 0 Å². The molecule has 0 radical (unpaired) electrons. The summed E-state index contributed by atoms with van der Waals surface area (Å²) in [4.78, 5) is 0. The van der Waals surface area contributed by atoms with E-state index in [0.717, 1.165) is 17.5 Å². The van der Waals surface area contributed by atoms with Crippen molar-refractivity contribution in [1.82, 2.24) is 9.78 Å². The van der Waals surface area contributed by atoms with E-state index in [1.165, 1.54) is 5.56 Å². The van der Waals surface area contributed by atoms with Gasteiger partial charge in [0.1, 0.15) is 5.60 Å². The second-order valence-corrected chi connectivity index (χ2v) is 4.53. The van der Waals surface area contributed by atoms with Gasteiger partial charge in [-0.15, -0.1) is 0 Å². The molecule has 1 atom stereocenters. The highest BCUT2D eigenvalue weighted by molar-refractivity contribution is 5.34.